The van der Waals surface area contributed by atoms with E-state index in [2.05, 4.69) is 15.6 Å². The van der Waals surface area contributed by atoms with Crippen molar-refractivity contribution in [3.8, 4) is 5.69 Å². The second kappa shape index (κ2) is 11.3. The van der Waals surface area contributed by atoms with Crippen LogP contribution in [0.15, 0.2) is 109 Å². The molecular formula is C32H26F3N5OS. The predicted molar refractivity (Wildman–Crippen MR) is 160 cm³/mol. The van der Waals surface area contributed by atoms with Crippen LogP contribution >= 0.6 is 12.2 Å². The summed E-state index contributed by atoms with van der Waals surface area (Å²) in [5, 5.41) is 8.76. The lowest BCUT2D eigenvalue weighted by atomic mass is 10.0. The van der Waals surface area contributed by atoms with Gasteiger partial charge in [0.1, 0.15) is 0 Å². The van der Waals surface area contributed by atoms with Crippen LogP contribution in [0.4, 0.5) is 18.9 Å². The first-order valence-electron chi connectivity index (χ1n) is 13.4. The van der Waals surface area contributed by atoms with Crippen molar-refractivity contribution in [2.75, 3.05) is 11.9 Å². The van der Waals surface area contributed by atoms with Crippen LogP contribution in [0.5, 0.6) is 0 Å². The highest BCUT2D eigenvalue weighted by molar-refractivity contribution is 7.80. The van der Waals surface area contributed by atoms with E-state index < -0.39 is 17.8 Å². The molecule has 2 atom stereocenters. The predicted octanol–water partition coefficient (Wildman–Crippen LogP) is 7.05. The number of alkyl halides is 3. The Morgan fingerprint density at radius 3 is 2.55 bits per heavy atom. The largest absolute Gasteiger partial charge is 0.416 e. The molecule has 0 radical (unpaired) electrons. The Kier molecular flexibility index (Phi) is 7.38. The second-order valence-corrected chi connectivity index (χ2v) is 10.4. The molecule has 0 saturated carbocycles. The number of nitrogens with zero attached hydrogens (tertiary/aromatic N) is 3. The van der Waals surface area contributed by atoms with Crippen molar-refractivity contribution >= 4 is 39.7 Å². The van der Waals surface area contributed by atoms with Crippen molar-refractivity contribution in [2.24, 2.45) is 0 Å². The van der Waals surface area contributed by atoms with E-state index in [0.717, 1.165) is 34.3 Å². The first-order valence-corrected chi connectivity index (χ1v) is 13.8. The lowest BCUT2D eigenvalue weighted by molar-refractivity contribution is -0.137. The number of thiocarbonyl (C=S) groups is 1. The van der Waals surface area contributed by atoms with Gasteiger partial charge in [0.2, 0.25) is 5.91 Å². The Hall–Kier alpha value is -4.70. The summed E-state index contributed by atoms with van der Waals surface area (Å²) < 4.78 is 42.3. The van der Waals surface area contributed by atoms with Crippen LogP contribution in [-0.2, 0) is 11.0 Å². The maximum absolute atomic E-state index is 13.5. The lowest BCUT2D eigenvalue weighted by Crippen LogP contribution is -2.33. The molecule has 5 aromatic rings. The maximum Gasteiger partial charge on any atom is 0.416 e. The SMILES string of the molecule is O=C(CCN1C(=S)N[C@@H](c2ccccn2)[C@H]1c1cccn1-c1cccc(C(F)(F)F)c1)Nc1cccc2ccccc12. The van der Waals surface area contributed by atoms with Gasteiger partial charge in [-0.05, 0) is 66.1 Å². The number of pyridine rings is 1. The summed E-state index contributed by atoms with van der Waals surface area (Å²) in [6.07, 6.45) is -0.920. The number of hydrogen-bond donors (Lipinski definition) is 2. The van der Waals surface area contributed by atoms with Gasteiger partial charge in [-0.3, -0.25) is 9.78 Å². The minimum absolute atomic E-state index is 0.140. The van der Waals surface area contributed by atoms with Crippen molar-refractivity contribution in [2.45, 2.75) is 24.7 Å². The Labute approximate surface area is 245 Å². The number of aromatic nitrogens is 2. The molecular weight excluding hydrogens is 559 g/mol. The summed E-state index contributed by atoms with van der Waals surface area (Å²) in [7, 11) is 0. The maximum atomic E-state index is 13.5. The molecule has 1 amide bonds. The van der Waals surface area contributed by atoms with Crippen LogP contribution in [0, 0.1) is 0 Å². The fourth-order valence-electron chi connectivity index (χ4n) is 5.44. The quantitative estimate of drug-likeness (QED) is 0.201. The monoisotopic (exact) mass is 585 g/mol. The standard InChI is InChI=1S/C32H26F3N5OS/c33-32(34,35)22-10-6-11-23(20-22)39-18-7-15-27(39)30-29(26-13-3-4-17-36-26)38-31(42)40(30)19-16-28(41)37-25-14-5-9-21-8-1-2-12-24(21)25/h1-15,17-18,20,29-30H,16,19H2,(H,37,41)(H,38,42)/t29-,30+/m0/s1. The van der Waals surface area contributed by atoms with E-state index >= 15 is 0 Å². The van der Waals surface area contributed by atoms with Gasteiger partial charge in [-0.2, -0.15) is 13.2 Å². The van der Waals surface area contributed by atoms with Gasteiger partial charge in [-0.25, -0.2) is 0 Å². The van der Waals surface area contributed by atoms with Crippen molar-refractivity contribution in [1.29, 1.82) is 0 Å². The number of hydrogen-bond acceptors (Lipinski definition) is 3. The first-order chi connectivity index (χ1) is 20.3. The molecule has 0 spiro atoms. The zero-order chi connectivity index (χ0) is 29.3. The molecule has 1 aliphatic rings. The van der Waals surface area contributed by atoms with Gasteiger partial charge in [-0.1, -0.05) is 48.5 Å². The van der Waals surface area contributed by atoms with E-state index in [0.29, 0.717) is 16.5 Å². The number of halogens is 3. The van der Waals surface area contributed by atoms with E-state index in [9.17, 15) is 18.0 Å². The molecule has 0 bridgehead atoms. The zero-order valence-electron chi connectivity index (χ0n) is 22.3. The summed E-state index contributed by atoms with van der Waals surface area (Å²) in [6.45, 7) is 0.282. The zero-order valence-corrected chi connectivity index (χ0v) is 23.1. The fourth-order valence-corrected chi connectivity index (χ4v) is 5.77. The molecule has 1 saturated heterocycles. The van der Waals surface area contributed by atoms with E-state index in [1.807, 2.05) is 71.6 Å². The number of rotatable bonds is 7. The minimum Gasteiger partial charge on any atom is -0.352 e. The Balaban J connectivity index is 1.31. The number of amides is 1. The fraction of sp³-hybridized carbons (Fsp3) is 0.156. The molecule has 2 aromatic heterocycles. The number of fused-ring (bicyclic) bond motifs is 1. The van der Waals surface area contributed by atoms with E-state index in [4.69, 9.17) is 12.2 Å². The highest BCUT2D eigenvalue weighted by atomic mass is 32.1. The van der Waals surface area contributed by atoms with Gasteiger partial charge >= 0.3 is 6.18 Å². The van der Waals surface area contributed by atoms with E-state index in [1.54, 1.807) is 29.1 Å². The molecule has 0 unspecified atom stereocenters. The van der Waals surface area contributed by atoms with Crippen molar-refractivity contribution in [3.63, 3.8) is 0 Å². The average Bonchev–Trinajstić information content (AvgIpc) is 3.60. The Morgan fingerprint density at radius 1 is 0.952 bits per heavy atom. The third-order valence-electron chi connectivity index (χ3n) is 7.38. The van der Waals surface area contributed by atoms with Crippen molar-refractivity contribution < 1.29 is 18.0 Å². The van der Waals surface area contributed by atoms with Crippen LogP contribution in [0.1, 0.15) is 35.5 Å². The Morgan fingerprint density at radius 2 is 1.74 bits per heavy atom. The van der Waals surface area contributed by atoms with Crippen LogP contribution in [0.3, 0.4) is 0 Å². The number of benzene rings is 3. The first kappa shape index (κ1) is 27.5. The van der Waals surface area contributed by atoms with Crippen LogP contribution in [0.25, 0.3) is 16.5 Å². The Bertz CT molecular complexity index is 1750. The molecule has 0 aliphatic carbocycles. The van der Waals surface area contributed by atoms with Crippen molar-refractivity contribution in [3.05, 3.63) is 126 Å². The molecule has 1 aliphatic heterocycles. The molecule has 3 heterocycles. The summed E-state index contributed by atoms with van der Waals surface area (Å²) in [6, 6.07) is 27.2. The second-order valence-electron chi connectivity index (χ2n) is 10.00. The molecule has 42 heavy (non-hydrogen) atoms. The van der Waals surface area contributed by atoms with Gasteiger partial charge in [0.05, 0.1) is 23.3 Å². The average molecular weight is 586 g/mol. The van der Waals surface area contributed by atoms with E-state index in [-0.39, 0.29) is 24.9 Å². The lowest BCUT2D eigenvalue weighted by Gasteiger charge is -2.29. The molecule has 212 valence electrons. The number of carbonyl (C=O) groups is 1. The normalized spacial score (nSPS) is 16.9. The van der Waals surface area contributed by atoms with Crippen LogP contribution in [-0.4, -0.2) is 32.0 Å². The topological polar surface area (TPSA) is 62.2 Å². The molecule has 2 N–H and O–H groups in total. The van der Waals surface area contributed by atoms with Crippen molar-refractivity contribution in [1.82, 2.24) is 19.8 Å². The summed E-state index contributed by atoms with van der Waals surface area (Å²) >= 11 is 5.74. The van der Waals surface area contributed by atoms with Gasteiger partial charge < -0.3 is 20.1 Å². The van der Waals surface area contributed by atoms with Gasteiger partial charge in [-0.15, -0.1) is 0 Å². The smallest absolute Gasteiger partial charge is 0.352 e. The molecule has 6 rings (SSSR count). The van der Waals surface area contributed by atoms with Gasteiger partial charge in [0.25, 0.3) is 0 Å². The third-order valence-corrected chi connectivity index (χ3v) is 7.73. The molecule has 10 heteroatoms. The third kappa shape index (κ3) is 5.45. The van der Waals surface area contributed by atoms with Gasteiger partial charge in [0, 0.05) is 47.8 Å². The highest BCUT2D eigenvalue weighted by Crippen LogP contribution is 2.40. The van der Waals surface area contributed by atoms with Gasteiger partial charge in [0.15, 0.2) is 5.11 Å². The molecule has 3 aromatic carbocycles. The minimum atomic E-state index is -4.47. The number of nitrogens with one attached hydrogen (secondary N) is 2. The summed E-state index contributed by atoms with van der Waals surface area (Å²) in [4.78, 5) is 19.6. The van der Waals surface area contributed by atoms with Crippen LogP contribution in [0.2, 0.25) is 0 Å². The molecule has 6 nitrogen and oxygen atoms in total. The number of anilines is 1. The summed E-state index contributed by atoms with van der Waals surface area (Å²) in [5.74, 6) is -0.178. The highest BCUT2D eigenvalue weighted by Gasteiger charge is 2.41. The number of carbonyl (C=O) groups excluding carboxylic acids is 1. The summed E-state index contributed by atoms with van der Waals surface area (Å²) in [5.41, 5.74) is 1.80. The van der Waals surface area contributed by atoms with Crippen LogP contribution < -0.4 is 10.6 Å². The molecule has 1 fully saturated rings. The van der Waals surface area contributed by atoms with E-state index in [1.165, 1.54) is 6.07 Å².